The molecule has 1 atom stereocenters. The molecule has 1 aromatic carbocycles. The molecule has 1 unspecified atom stereocenters. The molecule has 0 spiro atoms. The number of nitrogens with zero attached hydrogens (tertiary/aromatic N) is 3. The monoisotopic (exact) mass is 407 g/mol. The van der Waals surface area contributed by atoms with Crippen LogP contribution < -0.4 is 10.6 Å². The number of carbonyl (C=O) groups excluding carboxylic acids is 1. The van der Waals surface area contributed by atoms with Crippen LogP contribution in [-0.2, 0) is 25.8 Å². The van der Waals surface area contributed by atoms with Gasteiger partial charge in [0.05, 0.1) is 18.3 Å². The minimum absolute atomic E-state index is 0.0213. The summed E-state index contributed by atoms with van der Waals surface area (Å²) in [6, 6.07) is 9.93. The highest BCUT2D eigenvalue weighted by atomic mass is 35.5. The first kappa shape index (κ1) is 18.3. The third kappa shape index (κ3) is 3.54. The second kappa shape index (κ2) is 7.61. The van der Waals surface area contributed by atoms with E-state index in [4.69, 9.17) is 16.7 Å². The molecule has 7 heteroatoms. The van der Waals surface area contributed by atoms with E-state index in [0.717, 1.165) is 53.3 Å². The molecule has 29 heavy (non-hydrogen) atoms. The third-order valence-corrected chi connectivity index (χ3v) is 5.94. The van der Waals surface area contributed by atoms with Crippen LogP contribution in [-0.4, -0.2) is 39.8 Å². The van der Waals surface area contributed by atoms with Gasteiger partial charge < -0.3 is 10.6 Å². The summed E-state index contributed by atoms with van der Waals surface area (Å²) in [6.45, 7) is 2.24. The van der Waals surface area contributed by atoms with Gasteiger partial charge in [0.1, 0.15) is 5.69 Å². The number of amides is 1. The van der Waals surface area contributed by atoms with Crippen molar-refractivity contribution in [1.82, 2.24) is 25.4 Å². The van der Waals surface area contributed by atoms with Crippen LogP contribution in [0.1, 0.15) is 27.2 Å². The average molecular weight is 408 g/mol. The van der Waals surface area contributed by atoms with Gasteiger partial charge in [-0.1, -0.05) is 23.7 Å². The Morgan fingerprint density at radius 1 is 1.21 bits per heavy atom. The van der Waals surface area contributed by atoms with Gasteiger partial charge in [0, 0.05) is 35.1 Å². The van der Waals surface area contributed by atoms with Crippen molar-refractivity contribution >= 4 is 17.5 Å². The third-order valence-electron chi connectivity index (χ3n) is 5.69. The number of benzene rings is 1. The molecule has 1 aliphatic heterocycles. The number of aromatic nitrogens is 3. The van der Waals surface area contributed by atoms with Crippen molar-refractivity contribution in [3.05, 3.63) is 70.1 Å². The van der Waals surface area contributed by atoms with E-state index in [-0.39, 0.29) is 11.9 Å². The number of hydrogen-bond acceptors (Lipinski definition) is 4. The van der Waals surface area contributed by atoms with Crippen molar-refractivity contribution in [3.63, 3.8) is 0 Å². The first-order valence-corrected chi connectivity index (χ1v) is 10.4. The summed E-state index contributed by atoms with van der Waals surface area (Å²) in [5, 5.41) is 12.2. The van der Waals surface area contributed by atoms with Gasteiger partial charge in [-0.2, -0.15) is 5.10 Å². The Kier molecular flexibility index (Phi) is 4.81. The highest BCUT2D eigenvalue weighted by molar-refractivity contribution is 6.30. The summed E-state index contributed by atoms with van der Waals surface area (Å²) in [4.78, 5) is 17.0. The van der Waals surface area contributed by atoms with Gasteiger partial charge in [0.2, 0.25) is 0 Å². The normalized spacial score (nSPS) is 17.3. The molecule has 0 radical (unpaired) electrons. The molecule has 1 amide bonds. The van der Waals surface area contributed by atoms with Crippen molar-refractivity contribution in [3.8, 4) is 11.3 Å². The van der Waals surface area contributed by atoms with Crippen molar-refractivity contribution in [2.75, 3.05) is 13.1 Å². The Hall–Kier alpha value is -2.70. The predicted octanol–water partition coefficient (Wildman–Crippen LogP) is 2.64. The lowest BCUT2D eigenvalue weighted by molar-refractivity contribution is 0.0894. The van der Waals surface area contributed by atoms with E-state index in [1.807, 2.05) is 41.2 Å². The molecule has 0 saturated carbocycles. The Morgan fingerprint density at radius 2 is 2.07 bits per heavy atom. The van der Waals surface area contributed by atoms with E-state index in [0.29, 0.717) is 13.1 Å². The maximum Gasteiger partial charge on any atom is 0.270 e. The SMILES string of the molecule is O=C1NC(CNCCc2ccc(Cl)cc2)Cn2nc3c(c21)CCc1cnccc1-3. The zero-order chi connectivity index (χ0) is 19.8. The number of carbonyl (C=O) groups is 1. The Morgan fingerprint density at radius 3 is 2.93 bits per heavy atom. The van der Waals surface area contributed by atoms with Crippen LogP contribution >= 0.6 is 11.6 Å². The molecular weight excluding hydrogens is 386 g/mol. The van der Waals surface area contributed by atoms with Crippen LogP contribution in [0.25, 0.3) is 11.3 Å². The number of aryl methyl sites for hydroxylation is 1. The highest BCUT2D eigenvalue weighted by Crippen LogP contribution is 2.34. The Balaban J connectivity index is 1.25. The largest absolute Gasteiger partial charge is 0.345 e. The average Bonchev–Trinajstić information content (AvgIpc) is 3.12. The molecule has 0 saturated heterocycles. The van der Waals surface area contributed by atoms with Crippen LogP contribution in [0.2, 0.25) is 5.02 Å². The van der Waals surface area contributed by atoms with Crippen molar-refractivity contribution in [1.29, 1.82) is 0 Å². The fourth-order valence-electron chi connectivity index (χ4n) is 4.24. The molecule has 3 aromatic rings. The minimum atomic E-state index is -0.0213. The topological polar surface area (TPSA) is 71.8 Å². The Bertz CT molecular complexity index is 1060. The fraction of sp³-hybridized carbons (Fsp3) is 0.318. The number of hydrogen-bond donors (Lipinski definition) is 2. The summed E-state index contributed by atoms with van der Waals surface area (Å²) < 4.78 is 1.89. The Labute approximate surface area is 174 Å². The maximum absolute atomic E-state index is 12.8. The molecule has 148 valence electrons. The van der Waals surface area contributed by atoms with Gasteiger partial charge in [0.25, 0.3) is 5.91 Å². The summed E-state index contributed by atoms with van der Waals surface area (Å²) >= 11 is 5.93. The second-order valence-electron chi connectivity index (χ2n) is 7.64. The summed E-state index contributed by atoms with van der Waals surface area (Å²) in [5.74, 6) is -0.0213. The van der Waals surface area contributed by atoms with Crippen molar-refractivity contribution in [2.45, 2.75) is 31.8 Å². The lowest BCUT2D eigenvalue weighted by Gasteiger charge is -2.25. The van der Waals surface area contributed by atoms with E-state index in [9.17, 15) is 4.79 Å². The number of halogens is 1. The number of nitrogens with one attached hydrogen (secondary N) is 2. The molecule has 0 bridgehead atoms. The summed E-state index contributed by atoms with van der Waals surface area (Å²) in [6.07, 6.45) is 6.35. The number of pyridine rings is 1. The molecule has 3 heterocycles. The molecule has 2 aromatic heterocycles. The first-order valence-electron chi connectivity index (χ1n) is 9.98. The van der Waals surface area contributed by atoms with E-state index < -0.39 is 0 Å². The predicted molar refractivity (Wildman–Crippen MR) is 112 cm³/mol. The lowest BCUT2D eigenvalue weighted by Crippen LogP contribution is -2.50. The fourth-order valence-corrected chi connectivity index (χ4v) is 4.37. The van der Waals surface area contributed by atoms with Gasteiger partial charge in [0.15, 0.2) is 0 Å². The molecule has 2 N–H and O–H groups in total. The van der Waals surface area contributed by atoms with Gasteiger partial charge in [-0.05, 0) is 55.1 Å². The van der Waals surface area contributed by atoms with E-state index in [2.05, 4.69) is 15.6 Å². The standard InChI is InChI=1S/C22H22ClN5O/c23-16-4-1-14(2-5-16)7-9-25-12-17-13-28-21(22(29)26-17)19-6-3-15-11-24-10-8-18(15)20(19)27-28/h1-2,4-5,8,10-11,17,25H,3,6-7,9,12-13H2,(H,26,29). The van der Waals surface area contributed by atoms with Gasteiger partial charge >= 0.3 is 0 Å². The van der Waals surface area contributed by atoms with E-state index in [1.54, 1.807) is 6.20 Å². The minimum Gasteiger partial charge on any atom is -0.345 e. The van der Waals surface area contributed by atoms with Crippen molar-refractivity contribution < 1.29 is 4.79 Å². The van der Waals surface area contributed by atoms with Crippen LogP contribution in [0.5, 0.6) is 0 Å². The maximum atomic E-state index is 12.8. The van der Waals surface area contributed by atoms with E-state index >= 15 is 0 Å². The summed E-state index contributed by atoms with van der Waals surface area (Å²) in [7, 11) is 0. The van der Waals surface area contributed by atoms with Crippen LogP contribution in [0.15, 0.2) is 42.7 Å². The lowest BCUT2D eigenvalue weighted by atomic mass is 9.90. The molecule has 6 nitrogen and oxygen atoms in total. The second-order valence-corrected chi connectivity index (χ2v) is 8.08. The van der Waals surface area contributed by atoms with Gasteiger partial charge in [-0.3, -0.25) is 14.5 Å². The van der Waals surface area contributed by atoms with Crippen LogP contribution in [0.4, 0.5) is 0 Å². The zero-order valence-electron chi connectivity index (χ0n) is 16.0. The van der Waals surface area contributed by atoms with Gasteiger partial charge in [-0.15, -0.1) is 0 Å². The van der Waals surface area contributed by atoms with Gasteiger partial charge in [-0.25, -0.2) is 0 Å². The summed E-state index contributed by atoms with van der Waals surface area (Å²) in [5.41, 5.74) is 6.28. The molecule has 0 fully saturated rings. The number of rotatable bonds is 5. The highest BCUT2D eigenvalue weighted by Gasteiger charge is 2.32. The molecule has 2 aliphatic rings. The quantitative estimate of drug-likeness (QED) is 0.638. The smallest absolute Gasteiger partial charge is 0.270 e. The van der Waals surface area contributed by atoms with Crippen LogP contribution in [0.3, 0.4) is 0 Å². The first-order chi connectivity index (χ1) is 14.2. The van der Waals surface area contributed by atoms with Crippen molar-refractivity contribution in [2.24, 2.45) is 0 Å². The molecular formula is C22H22ClN5O. The zero-order valence-corrected chi connectivity index (χ0v) is 16.7. The van der Waals surface area contributed by atoms with Crippen LogP contribution in [0, 0.1) is 0 Å². The number of fused-ring (bicyclic) bond motifs is 5. The van der Waals surface area contributed by atoms with E-state index in [1.165, 1.54) is 11.1 Å². The molecule has 5 rings (SSSR count). The molecule has 1 aliphatic carbocycles.